The summed E-state index contributed by atoms with van der Waals surface area (Å²) < 4.78 is 5.37. The lowest BCUT2D eigenvalue weighted by molar-refractivity contribution is 0.414. The van der Waals surface area contributed by atoms with E-state index in [0.717, 1.165) is 22.8 Å². The first kappa shape index (κ1) is 13.4. The first-order valence-electron chi connectivity index (χ1n) is 6.23. The van der Waals surface area contributed by atoms with Gasteiger partial charge in [0.1, 0.15) is 5.75 Å². The van der Waals surface area contributed by atoms with Crippen molar-refractivity contribution in [3.05, 3.63) is 53.9 Å². The third-order valence-corrected chi connectivity index (χ3v) is 2.97. The van der Waals surface area contributed by atoms with Crippen LogP contribution in [0.2, 0.25) is 0 Å². The Morgan fingerprint density at radius 2 is 1.84 bits per heavy atom. The van der Waals surface area contributed by atoms with Crippen molar-refractivity contribution in [2.75, 3.05) is 19.1 Å². The van der Waals surface area contributed by atoms with E-state index in [9.17, 15) is 0 Å². The number of anilines is 1. The minimum Gasteiger partial charge on any atom is -0.495 e. The highest BCUT2D eigenvalue weighted by molar-refractivity contribution is 5.57. The van der Waals surface area contributed by atoms with Gasteiger partial charge < -0.3 is 15.4 Å². The van der Waals surface area contributed by atoms with E-state index in [2.05, 4.69) is 9.88 Å². The lowest BCUT2D eigenvalue weighted by atomic mass is 10.2. The minimum atomic E-state index is 0.464. The van der Waals surface area contributed by atoms with E-state index in [1.165, 1.54) is 0 Å². The number of pyridine rings is 1. The molecule has 0 aliphatic carbocycles. The van der Waals surface area contributed by atoms with Gasteiger partial charge in [-0.05, 0) is 24.3 Å². The molecule has 2 aromatic rings. The van der Waals surface area contributed by atoms with Crippen LogP contribution in [0.15, 0.2) is 42.5 Å². The van der Waals surface area contributed by atoms with Crippen molar-refractivity contribution in [1.82, 2.24) is 4.98 Å². The summed E-state index contributed by atoms with van der Waals surface area (Å²) in [7, 11) is 3.70. The molecule has 2 N–H and O–H groups in total. The van der Waals surface area contributed by atoms with Gasteiger partial charge in [-0.1, -0.05) is 18.2 Å². The Morgan fingerprint density at radius 3 is 2.58 bits per heavy atom. The van der Waals surface area contributed by atoms with Crippen LogP contribution >= 0.6 is 0 Å². The fourth-order valence-corrected chi connectivity index (χ4v) is 2.00. The molecule has 1 heterocycles. The van der Waals surface area contributed by atoms with Crippen LogP contribution in [0.1, 0.15) is 11.4 Å². The number of ether oxygens (including phenoxy) is 1. The molecule has 0 saturated heterocycles. The molecule has 0 spiro atoms. The van der Waals surface area contributed by atoms with Crippen LogP contribution in [0.25, 0.3) is 0 Å². The number of para-hydroxylation sites is 2. The molecule has 100 valence electrons. The van der Waals surface area contributed by atoms with Crippen molar-refractivity contribution in [2.24, 2.45) is 5.73 Å². The molecule has 0 fully saturated rings. The second kappa shape index (κ2) is 6.20. The lowest BCUT2D eigenvalue weighted by Gasteiger charge is -2.21. The van der Waals surface area contributed by atoms with Crippen molar-refractivity contribution in [3.63, 3.8) is 0 Å². The van der Waals surface area contributed by atoms with Crippen LogP contribution in [0, 0.1) is 0 Å². The summed E-state index contributed by atoms with van der Waals surface area (Å²) in [5, 5.41) is 0. The Hall–Kier alpha value is -2.07. The highest BCUT2D eigenvalue weighted by atomic mass is 16.5. The van der Waals surface area contributed by atoms with Gasteiger partial charge in [0.2, 0.25) is 0 Å². The number of aromatic nitrogens is 1. The Labute approximate surface area is 113 Å². The number of benzene rings is 1. The fraction of sp³-hybridized carbons (Fsp3) is 0.267. The molecule has 1 aromatic carbocycles. The van der Waals surface area contributed by atoms with Gasteiger partial charge in [0.15, 0.2) is 0 Å². The van der Waals surface area contributed by atoms with Crippen molar-refractivity contribution < 1.29 is 4.74 Å². The Balaban J connectivity index is 2.18. The van der Waals surface area contributed by atoms with Gasteiger partial charge in [0, 0.05) is 13.6 Å². The molecule has 1 aromatic heterocycles. The number of nitrogens with two attached hydrogens (primary N) is 1. The summed E-state index contributed by atoms with van der Waals surface area (Å²) in [4.78, 5) is 6.62. The number of hydrogen-bond donors (Lipinski definition) is 1. The fourth-order valence-electron chi connectivity index (χ4n) is 2.00. The largest absolute Gasteiger partial charge is 0.495 e. The van der Waals surface area contributed by atoms with Crippen LogP contribution < -0.4 is 15.4 Å². The first-order valence-corrected chi connectivity index (χ1v) is 6.23. The molecular formula is C15H19N3O. The molecule has 0 amide bonds. The Kier molecular flexibility index (Phi) is 4.36. The maximum atomic E-state index is 5.61. The smallest absolute Gasteiger partial charge is 0.142 e. The third-order valence-electron chi connectivity index (χ3n) is 2.97. The zero-order valence-corrected chi connectivity index (χ0v) is 11.3. The van der Waals surface area contributed by atoms with E-state index < -0.39 is 0 Å². The maximum Gasteiger partial charge on any atom is 0.142 e. The summed E-state index contributed by atoms with van der Waals surface area (Å²) in [6.07, 6.45) is 0. The van der Waals surface area contributed by atoms with Crippen LogP contribution in [-0.4, -0.2) is 19.1 Å². The van der Waals surface area contributed by atoms with Crippen LogP contribution in [-0.2, 0) is 13.1 Å². The summed E-state index contributed by atoms with van der Waals surface area (Å²) in [5.74, 6) is 0.861. The van der Waals surface area contributed by atoms with Gasteiger partial charge in [-0.25, -0.2) is 0 Å². The van der Waals surface area contributed by atoms with Gasteiger partial charge in [-0.3, -0.25) is 4.98 Å². The molecule has 0 atom stereocenters. The second-order valence-corrected chi connectivity index (χ2v) is 4.35. The topological polar surface area (TPSA) is 51.4 Å². The van der Waals surface area contributed by atoms with Crippen LogP contribution in [0.5, 0.6) is 5.75 Å². The standard InChI is InChI=1S/C15H19N3O/c1-18(14-8-3-4-9-15(14)19-2)11-13-7-5-6-12(10-16)17-13/h3-9H,10-11,16H2,1-2H3. The molecule has 0 aliphatic heterocycles. The molecule has 0 unspecified atom stereocenters. The summed E-state index contributed by atoms with van der Waals surface area (Å²) in [5.41, 5.74) is 8.56. The molecule has 4 heteroatoms. The Morgan fingerprint density at radius 1 is 1.11 bits per heavy atom. The summed E-state index contributed by atoms with van der Waals surface area (Å²) in [6, 6.07) is 13.9. The highest BCUT2D eigenvalue weighted by Crippen LogP contribution is 2.27. The van der Waals surface area contributed by atoms with E-state index in [1.54, 1.807) is 7.11 Å². The van der Waals surface area contributed by atoms with Crippen molar-refractivity contribution in [1.29, 1.82) is 0 Å². The van der Waals surface area contributed by atoms with Crippen molar-refractivity contribution >= 4 is 5.69 Å². The van der Waals surface area contributed by atoms with Gasteiger partial charge in [0.05, 0.1) is 30.7 Å². The SMILES string of the molecule is COc1ccccc1N(C)Cc1cccc(CN)n1. The predicted molar refractivity (Wildman–Crippen MR) is 77.2 cm³/mol. The molecule has 0 radical (unpaired) electrons. The normalized spacial score (nSPS) is 10.3. The Bertz CT molecular complexity index is 542. The molecule has 0 bridgehead atoms. The van der Waals surface area contributed by atoms with E-state index in [4.69, 9.17) is 10.5 Å². The zero-order chi connectivity index (χ0) is 13.7. The lowest BCUT2D eigenvalue weighted by Crippen LogP contribution is -2.18. The molecule has 19 heavy (non-hydrogen) atoms. The molecule has 2 rings (SSSR count). The molecular weight excluding hydrogens is 238 g/mol. The molecule has 0 saturated carbocycles. The zero-order valence-electron chi connectivity index (χ0n) is 11.3. The quantitative estimate of drug-likeness (QED) is 0.892. The van der Waals surface area contributed by atoms with E-state index in [1.807, 2.05) is 49.5 Å². The average molecular weight is 257 g/mol. The van der Waals surface area contributed by atoms with Crippen molar-refractivity contribution in [3.8, 4) is 5.75 Å². The van der Waals surface area contributed by atoms with Crippen molar-refractivity contribution in [2.45, 2.75) is 13.1 Å². The second-order valence-electron chi connectivity index (χ2n) is 4.35. The van der Waals surface area contributed by atoms with Crippen LogP contribution in [0.4, 0.5) is 5.69 Å². The molecule has 0 aliphatic rings. The highest BCUT2D eigenvalue weighted by Gasteiger charge is 2.08. The summed E-state index contributed by atoms with van der Waals surface area (Å²) >= 11 is 0. The number of nitrogens with zero attached hydrogens (tertiary/aromatic N) is 2. The van der Waals surface area contributed by atoms with Gasteiger partial charge in [-0.2, -0.15) is 0 Å². The number of methoxy groups -OCH3 is 1. The molecule has 4 nitrogen and oxygen atoms in total. The van der Waals surface area contributed by atoms with E-state index in [-0.39, 0.29) is 0 Å². The number of hydrogen-bond acceptors (Lipinski definition) is 4. The monoisotopic (exact) mass is 257 g/mol. The van der Waals surface area contributed by atoms with Crippen LogP contribution in [0.3, 0.4) is 0 Å². The number of rotatable bonds is 5. The first-order chi connectivity index (χ1) is 9.24. The minimum absolute atomic E-state index is 0.464. The van der Waals surface area contributed by atoms with E-state index >= 15 is 0 Å². The predicted octanol–water partition coefficient (Wildman–Crippen LogP) is 2.19. The van der Waals surface area contributed by atoms with Gasteiger partial charge in [-0.15, -0.1) is 0 Å². The average Bonchev–Trinajstić information content (AvgIpc) is 2.47. The van der Waals surface area contributed by atoms with Gasteiger partial charge in [0.25, 0.3) is 0 Å². The van der Waals surface area contributed by atoms with Gasteiger partial charge >= 0.3 is 0 Å². The van der Waals surface area contributed by atoms with E-state index in [0.29, 0.717) is 13.1 Å². The summed E-state index contributed by atoms with van der Waals surface area (Å²) in [6.45, 7) is 1.18. The maximum absolute atomic E-state index is 5.61. The third kappa shape index (κ3) is 3.23.